The monoisotopic (exact) mass is 281 g/mol. The summed E-state index contributed by atoms with van der Waals surface area (Å²) in [7, 11) is 3.81. The Morgan fingerprint density at radius 3 is 2.39 bits per heavy atom. The lowest BCUT2D eigenvalue weighted by Crippen LogP contribution is -2.13. The molecule has 0 bridgehead atoms. The van der Waals surface area contributed by atoms with Crippen LogP contribution < -0.4 is 4.90 Å². The molecular formula is C13H13Cl2N3. The minimum atomic E-state index is 0.588. The summed E-state index contributed by atoms with van der Waals surface area (Å²) in [6, 6.07) is 7.29. The number of aromatic nitrogens is 2. The molecular weight excluding hydrogens is 269 g/mol. The Labute approximate surface area is 116 Å². The minimum Gasteiger partial charge on any atom is -0.347 e. The van der Waals surface area contributed by atoms with Crippen LogP contribution in [-0.4, -0.2) is 24.1 Å². The number of halogens is 2. The van der Waals surface area contributed by atoms with Crippen LogP contribution in [0, 0.1) is 6.92 Å². The van der Waals surface area contributed by atoms with Crippen molar-refractivity contribution in [3.63, 3.8) is 0 Å². The van der Waals surface area contributed by atoms with E-state index in [1.807, 2.05) is 38.1 Å². The van der Waals surface area contributed by atoms with E-state index in [9.17, 15) is 0 Å². The molecule has 0 atom stereocenters. The fourth-order valence-electron chi connectivity index (χ4n) is 1.59. The van der Waals surface area contributed by atoms with Gasteiger partial charge in [-0.25, -0.2) is 9.97 Å². The van der Waals surface area contributed by atoms with Crippen LogP contribution in [0.1, 0.15) is 5.69 Å². The van der Waals surface area contributed by atoms with Crippen molar-refractivity contribution < 1.29 is 0 Å². The molecule has 0 fully saturated rings. The van der Waals surface area contributed by atoms with Crippen molar-refractivity contribution in [1.82, 2.24) is 9.97 Å². The maximum Gasteiger partial charge on any atom is 0.225 e. The fraction of sp³-hybridized carbons (Fsp3) is 0.231. The van der Waals surface area contributed by atoms with Crippen molar-refractivity contribution in [3.8, 4) is 11.3 Å². The van der Waals surface area contributed by atoms with Crippen molar-refractivity contribution in [2.24, 2.45) is 0 Å². The van der Waals surface area contributed by atoms with Crippen LogP contribution in [0.15, 0.2) is 24.3 Å². The molecule has 0 aliphatic rings. The summed E-state index contributed by atoms with van der Waals surface area (Å²) in [5.74, 6) is 0.663. The lowest BCUT2D eigenvalue weighted by molar-refractivity contribution is 0.980. The molecule has 0 saturated heterocycles. The summed E-state index contributed by atoms with van der Waals surface area (Å²) in [4.78, 5) is 10.7. The largest absolute Gasteiger partial charge is 0.347 e. The van der Waals surface area contributed by atoms with Gasteiger partial charge < -0.3 is 4.90 Å². The molecule has 0 saturated carbocycles. The summed E-state index contributed by atoms with van der Waals surface area (Å²) < 4.78 is 0. The Morgan fingerprint density at radius 1 is 1.06 bits per heavy atom. The summed E-state index contributed by atoms with van der Waals surface area (Å²) in [6.45, 7) is 1.93. The molecule has 0 N–H and O–H groups in total. The molecule has 94 valence electrons. The summed E-state index contributed by atoms with van der Waals surface area (Å²) in [5.41, 5.74) is 2.55. The number of hydrogen-bond donors (Lipinski definition) is 0. The highest BCUT2D eigenvalue weighted by atomic mass is 35.5. The van der Waals surface area contributed by atoms with Gasteiger partial charge >= 0.3 is 0 Å². The second kappa shape index (κ2) is 5.12. The Hall–Kier alpha value is -1.32. The van der Waals surface area contributed by atoms with Crippen molar-refractivity contribution in [3.05, 3.63) is 40.0 Å². The standard InChI is InChI=1S/C13H13Cl2N3/c1-8-6-12(17-13(16-8)18(2)3)10-5-4-9(14)7-11(10)15/h4-7H,1-3H3. The molecule has 2 rings (SSSR count). The van der Waals surface area contributed by atoms with Crippen molar-refractivity contribution in [2.45, 2.75) is 6.92 Å². The first-order valence-corrected chi connectivity index (χ1v) is 6.21. The fourth-order valence-corrected chi connectivity index (χ4v) is 2.09. The molecule has 18 heavy (non-hydrogen) atoms. The van der Waals surface area contributed by atoms with E-state index in [4.69, 9.17) is 23.2 Å². The number of benzene rings is 1. The summed E-state index contributed by atoms with van der Waals surface area (Å²) in [6.07, 6.45) is 0. The van der Waals surface area contributed by atoms with Crippen molar-refractivity contribution >= 4 is 29.2 Å². The Balaban J connectivity index is 2.56. The second-order valence-corrected chi connectivity index (χ2v) is 5.06. The first-order chi connectivity index (χ1) is 8.47. The number of rotatable bonds is 2. The molecule has 0 aliphatic carbocycles. The van der Waals surface area contributed by atoms with Gasteiger partial charge in [0.1, 0.15) is 0 Å². The SMILES string of the molecule is Cc1cc(-c2ccc(Cl)cc2Cl)nc(N(C)C)n1. The molecule has 5 heteroatoms. The van der Waals surface area contributed by atoms with Crippen LogP contribution >= 0.6 is 23.2 Å². The molecule has 3 nitrogen and oxygen atoms in total. The molecule has 1 aromatic carbocycles. The van der Waals surface area contributed by atoms with Gasteiger partial charge in [-0.15, -0.1) is 0 Å². The van der Waals surface area contributed by atoms with Gasteiger partial charge in [-0.1, -0.05) is 23.2 Å². The van der Waals surface area contributed by atoms with Crippen LogP contribution in [0.2, 0.25) is 10.0 Å². The maximum atomic E-state index is 6.19. The zero-order valence-corrected chi connectivity index (χ0v) is 11.9. The highest BCUT2D eigenvalue weighted by Crippen LogP contribution is 2.30. The number of aryl methyl sites for hydroxylation is 1. The normalized spacial score (nSPS) is 10.5. The Morgan fingerprint density at radius 2 is 1.78 bits per heavy atom. The minimum absolute atomic E-state index is 0.588. The third-order valence-corrected chi connectivity index (χ3v) is 3.00. The van der Waals surface area contributed by atoms with Crippen LogP contribution in [0.25, 0.3) is 11.3 Å². The number of hydrogen-bond acceptors (Lipinski definition) is 3. The first kappa shape index (κ1) is 13.1. The van der Waals surface area contributed by atoms with Gasteiger partial charge in [0.05, 0.1) is 10.7 Å². The highest BCUT2D eigenvalue weighted by Gasteiger charge is 2.09. The van der Waals surface area contributed by atoms with E-state index in [0.29, 0.717) is 16.0 Å². The summed E-state index contributed by atoms with van der Waals surface area (Å²) in [5, 5.41) is 1.20. The van der Waals surface area contributed by atoms with Crippen LogP contribution in [-0.2, 0) is 0 Å². The highest BCUT2D eigenvalue weighted by molar-refractivity contribution is 6.36. The van der Waals surface area contributed by atoms with Crippen molar-refractivity contribution in [1.29, 1.82) is 0 Å². The average Bonchev–Trinajstić information content (AvgIpc) is 2.27. The summed E-state index contributed by atoms with van der Waals surface area (Å²) >= 11 is 12.1. The molecule has 0 spiro atoms. The molecule has 0 radical (unpaired) electrons. The lowest BCUT2D eigenvalue weighted by atomic mass is 10.1. The molecule has 1 aromatic heterocycles. The van der Waals surface area contributed by atoms with Crippen LogP contribution in [0.4, 0.5) is 5.95 Å². The molecule has 0 unspecified atom stereocenters. The van der Waals surface area contributed by atoms with E-state index in [2.05, 4.69) is 9.97 Å². The van der Waals surface area contributed by atoms with Crippen molar-refractivity contribution in [2.75, 3.05) is 19.0 Å². The molecule has 0 amide bonds. The van der Waals surface area contributed by atoms with Gasteiger partial charge in [-0.3, -0.25) is 0 Å². The second-order valence-electron chi connectivity index (χ2n) is 4.21. The molecule has 2 aromatic rings. The van der Waals surface area contributed by atoms with E-state index in [-0.39, 0.29) is 0 Å². The van der Waals surface area contributed by atoms with Gasteiger partial charge in [0.15, 0.2) is 0 Å². The molecule has 1 heterocycles. The smallest absolute Gasteiger partial charge is 0.225 e. The predicted octanol–water partition coefficient (Wildman–Crippen LogP) is 3.82. The van der Waals surface area contributed by atoms with Gasteiger partial charge in [0.25, 0.3) is 0 Å². The van der Waals surface area contributed by atoms with Crippen LogP contribution in [0.5, 0.6) is 0 Å². The first-order valence-electron chi connectivity index (χ1n) is 5.46. The number of nitrogens with zero attached hydrogens (tertiary/aromatic N) is 3. The average molecular weight is 282 g/mol. The Bertz CT molecular complexity index is 582. The van der Waals surface area contributed by atoms with E-state index in [1.54, 1.807) is 12.1 Å². The lowest BCUT2D eigenvalue weighted by Gasteiger charge is -2.13. The third-order valence-electron chi connectivity index (χ3n) is 2.45. The topological polar surface area (TPSA) is 29.0 Å². The van der Waals surface area contributed by atoms with E-state index in [1.165, 1.54) is 0 Å². The number of anilines is 1. The Kier molecular flexibility index (Phi) is 3.73. The van der Waals surface area contributed by atoms with Gasteiger partial charge in [-0.2, -0.15) is 0 Å². The van der Waals surface area contributed by atoms with Gasteiger partial charge in [0.2, 0.25) is 5.95 Å². The van der Waals surface area contributed by atoms with E-state index < -0.39 is 0 Å². The predicted molar refractivity (Wildman–Crippen MR) is 76.6 cm³/mol. The van der Waals surface area contributed by atoms with Crippen LogP contribution in [0.3, 0.4) is 0 Å². The van der Waals surface area contributed by atoms with E-state index >= 15 is 0 Å². The maximum absolute atomic E-state index is 6.19. The zero-order chi connectivity index (χ0) is 13.3. The van der Waals surface area contributed by atoms with E-state index in [0.717, 1.165) is 17.0 Å². The van der Waals surface area contributed by atoms with Gasteiger partial charge in [-0.05, 0) is 31.2 Å². The van der Waals surface area contributed by atoms with Gasteiger partial charge in [0, 0.05) is 30.4 Å². The third kappa shape index (κ3) is 2.74. The quantitative estimate of drug-likeness (QED) is 0.838. The molecule has 0 aliphatic heterocycles. The zero-order valence-electron chi connectivity index (χ0n) is 10.4.